The van der Waals surface area contributed by atoms with Gasteiger partial charge < -0.3 is 15.8 Å². The van der Waals surface area contributed by atoms with E-state index in [1.165, 1.54) is 0 Å². The van der Waals surface area contributed by atoms with E-state index in [0.29, 0.717) is 11.4 Å². The van der Waals surface area contributed by atoms with E-state index >= 15 is 0 Å². The zero-order chi connectivity index (χ0) is 11.4. The van der Waals surface area contributed by atoms with E-state index < -0.39 is 0 Å². The maximum Gasteiger partial charge on any atom is 0.257 e. The molecule has 3 N–H and O–H groups in total. The van der Waals surface area contributed by atoms with Crippen molar-refractivity contribution in [1.82, 2.24) is 5.32 Å². The summed E-state index contributed by atoms with van der Waals surface area (Å²) in [7, 11) is 1.56. The molecule has 5 heteroatoms. The van der Waals surface area contributed by atoms with Crippen LogP contribution in [0.5, 0.6) is 5.75 Å². The molecule has 1 amide bonds. The molecule has 0 fully saturated rings. The Morgan fingerprint density at radius 2 is 2.27 bits per heavy atom. The van der Waals surface area contributed by atoms with Crippen molar-refractivity contribution in [3.05, 3.63) is 22.2 Å². The van der Waals surface area contributed by atoms with Gasteiger partial charge in [-0.2, -0.15) is 0 Å². The van der Waals surface area contributed by atoms with E-state index in [2.05, 4.69) is 21.2 Å². The van der Waals surface area contributed by atoms with Crippen LogP contribution in [0.1, 0.15) is 5.56 Å². The van der Waals surface area contributed by atoms with Crippen molar-refractivity contribution in [3.63, 3.8) is 0 Å². The van der Waals surface area contributed by atoms with Gasteiger partial charge in [0.1, 0.15) is 5.75 Å². The number of benzene rings is 1. The van der Waals surface area contributed by atoms with Crippen LogP contribution in [-0.4, -0.2) is 19.6 Å². The summed E-state index contributed by atoms with van der Waals surface area (Å²) in [6.45, 7) is 1.85. The molecule has 0 bridgehead atoms. The van der Waals surface area contributed by atoms with Gasteiger partial charge in [0, 0.05) is 11.5 Å². The quantitative estimate of drug-likeness (QED) is 0.819. The predicted octanol–water partition coefficient (Wildman–Crippen LogP) is 1.46. The van der Waals surface area contributed by atoms with Gasteiger partial charge in [-0.3, -0.25) is 4.79 Å². The summed E-state index contributed by atoms with van der Waals surface area (Å²) in [5.74, 6) is 0.374. The predicted molar refractivity (Wildman–Crippen MR) is 62.9 cm³/mol. The number of nitrogens with two attached hydrogens (primary N) is 1. The third kappa shape index (κ3) is 3.13. The molecule has 0 atom stereocenters. The van der Waals surface area contributed by atoms with Gasteiger partial charge in [-0.15, -0.1) is 0 Å². The molecule has 0 aliphatic carbocycles. The maximum absolute atomic E-state index is 11.0. The summed E-state index contributed by atoms with van der Waals surface area (Å²) >= 11 is 3.33. The third-order valence-electron chi connectivity index (χ3n) is 1.89. The SMILES string of the molecule is CNC(=O)COc1c(C)cc(Br)cc1N. The van der Waals surface area contributed by atoms with E-state index in [-0.39, 0.29) is 12.5 Å². The first-order valence-electron chi connectivity index (χ1n) is 4.43. The first-order valence-corrected chi connectivity index (χ1v) is 5.23. The van der Waals surface area contributed by atoms with Gasteiger partial charge in [0.2, 0.25) is 0 Å². The molecule has 0 aliphatic heterocycles. The van der Waals surface area contributed by atoms with Crippen LogP contribution in [0.2, 0.25) is 0 Å². The largest absolute Gasteiger partial charge is 0.481 e. The lowest BCUT2D eigenvalue weighted by Crippen LogP contribution is -2.25. The topological polar surface area (TPSA) is 64.3 Å². The Morgan fingerprint density at radius 1 is 1.60 bits per heavy atom. The lowest BCUT2D eigenvalue weighted by atomic mass is 10.2. The van der Waals surface area contributed by atoms with Crippen LogP contribution >= 0.6 is 15.9 Å². The molecular weight excluding hydrogens is 260 g/mol. The molecule has 0 heterocycles. The van der Waals surface area contributed by atoms with Crippen molar-refractivity contribution in [1.29, 1.82) is 0 Å². The van der Waals surface area contributed by atoms with Gasteiger partial charge in [-0.25, -0.2) is 0 Å². The normalized spacial score (nSPS) is 9.80. The highest BCUT2D eigenvalue weighted by atomic mass is 79.9. The number of nitrogen functional groups attached to an aromatic ring is 1. The summed E-state index contributed by atoms with van der Waals surface area (Å²) in [5, 5.41) is 2.47. The second-order valence-corrected chi connectivity index (χ2v) is 4.02. The summed E-state index contributed by atoms with van der Waals surface area (Å²) in [6, 6.07) is 3.63. The highest BCUT2D eigenvalue weighted by Gasteiger charge is 2.08. The summed E-state index contributed by atoms with van der Waals surface area (Å²) < 4.78 is 6.21. The van der Waals surface area contributed by atoms with Crippen molar-refractivity contribution >= 4 is 27.5 Å². The number of rotatable bonds is 3. The van der Waals surface area contributed by atoms with Crippen LogP contribution in [0.4, 0.5) is 5.69 Å². The summed E-state index contributed by atoms with van der Waals surface area (Å²) in [6.07, 6.45) is 0. The fourth-order valence-corrected chi connectivity index (χ4v) is 1.75. The van der Waals surface area contributed by atoms with E-state index in [4.69, 9.17) is 10.5 Å². The standard InChI is InChI=1S/C10H13BrN2O2/c1-6-3-7(11)4-8(12)10(6)15-5-9(14)13-2/h3-4H,5,12H2,1-2H3,(H,13,14). The van der Waals surface area contributed by atoms with E-state index in [1.807, 2.05) is 13.0 Å². The van der Waals surface area contributed by atoms with Gasteiger partial charge in [0.05, 0.1) is 5.69 Å². The summed E-state index contributed by atoms with van der Waals surface area (Å²) in [4.78, 5) is 11.0. The second kappa shape index (κ2) is 5.02. The number of likely N-dealkylation sites (N-methyl/N-ethyl adjacent to an activating group) is 1. The molecule has 4 nitrogen and oxygen atoms in total. The number of aryl methyl sites for hydroxylation is 1. The number of nitrogens with one attached hydrogen (secondary N) is 1. The molecule has 0 unspecified atom stereocenters. The molecule has 1 aromatic carbocycles. The molecule has 1 rings (SSSR count). The van der Waals surface area contributed by atoms with Crippen LogP contribution in [-0.2, 0) is 4.79 Å². The fourth-order valence-electron chi connectivity index (χ4n) is 1.16. The molecule has 0 spiro atoms. The molecule has 0 saturated carbocycles. The van der Waals surface area contributed by atoms with Gasteiger partial charge >= 0.3 is 0 Å². The zero-order valence-corrected chi connectivity index (χ0v) is 10.2. The lowest BCUT2D eigenvalue weighted by Gasteiger charge is -2.11. The van der Waals surface area contributed by atoms with Crippen LogP contribution < -0.4 is 15.8 Å². The molecule has 82 valence electrons. The second-order valence-electron chi connectivity index (χ2n) is 3.10. The highest BCUT2D eigenvalue weighted by Crippen LogP contribution is 2.29. The van der Waals surface area contributed by atoms with Crippen molar-refractivity contribution in [2.24, 2.45) is 0 Å². The number of amides is 1. The van der Waals surface area contributed by atoms with E-state index in [0.717, 1.165) is 10.0 Å². The molecule has 0 saturated heterocycles. The molecular formula is C10H13BrN2O2. The van der Waals surface area contributed by atoms with Crippen molar-refractivity contribution in [2.75, 3.05) is 19.4 Å². The van der Waals surface area contributed by atoms with Crippen molar-refractivity contribution in [2.45, 2.75) is 6.92 Å². The van der Waals surface area contributed by atoms with Crippen LogP contribution in [0, 0.1) is 6.92 Å². The van der Waals surface area contributed by atoms with Crippen LogP contribution in [0.15, 0.2) is 16.6 Å². The van der Waals surface area contributed by atoms with E-state index in [1.54, 1.807) is 13.1 Å². The number of ether oxygens (including phenoxy) is 1. The summed E-state index contributed by atoms with van der Waals surface area (Å²) in [5.41, 5.74) is 7.18. The van der Waals surface area contributed by atoms with Crippen LogP contribution in [0.25, 0.3) is 0 Å². The molecule has 0 aromatic heterocycles. The van der Waals surface area contributed by atoms with Gasteiger partial charge in [0.15, 0.2) is 6.61 Å². The Kier molecular flexibility index (Phi) is 3.96. The van der Waals surface area contributed by atoms with Crippen LogP contribution in [0.3, 0.4) is 0 Å². The minimum atomic E-state index is -0.184. The molecule has 0 aliphatic rings. The minimum absolute atomic E-state index is 0.0246. The minimum Gasteiger partial charge on any atom is -0.481 e. The molecule has 0 radical (unpaired) electrons. The van der Waals surface area contributed by atoms with Gasteiger partial charge in [-0.1, -0.05) is 15.9 Å². The number of halogens is 1. The fraction of sp³-hybridized carbons (Fsp3) is 0.300. The number of carbonyl (C=O) groups excluding carboxylic acids is 1. The first kappa shape index (κ1) is 11.8. The Balaban J connectivity index is 2.81. The van der Waals surface area contributed by atoms with Gasteiger partial charge in [-0.05, 0) is 24.6 Å². The van der Waals surface area contributed by atoms with E-state index in [9.17, 15) is 4.79 Å². The third-order valence-corrected chi connectivity index (χ3v) is 2.35. The smallest absolute Gasteiger partial charge is 0.257 e. The molecule has 1 aromatic rings. The maximum atomic E-state index is 11.0. The monoisotopic (exact) mass is 272 g/mol. The number of hydrogen-bond acceptors (Lipinski definition) is 3. The number of anilines is 1. The Morgan fingerprint density at radius 3 is 2.80 bits per heavy atom. The molecule has 15 heavy (non-hydrogen) atoms. The Labute approximate surface area is 96.9 Å². The lowest BCUT2D eigenvalue weighted by molar-refractivity contribution is -0.122. The average Bonchev–Trinajstić information content (AvgIpc) is 2.15. The number of carbonyl (C=O) groups is 1. The highest BCUT2D eigenvalue weighted by molar-refractivity contribution is 9.10. The van der Waals surface area contributed by atoms with Crippen molar-refractivity contribution < 1.29 is 9.53 Å². The first-order chi connectivity index (χ1) is 7.04. The Hall–Kier alpha value is -1.23. The number of hydrogen-bond donors (Lipinski definition) is 2. The average molecular weight is 273 g/mol. The van der Waals surface area contributed by atoms with Gasteiger partial charge in [0.25, 0.3) is 5.91 Å². The van der Waals surface area contributed by atoms with Crippen molar-refractivity contribution in [3.8, 4) is 5.75 Å². The Bertz CT molecular complexity index is 357. The zero-order valence-electron chi connectivity index (χ0n) is 8.63.